The maximum atomic E-state index is 11.7. The van der Waals surface area contributed by atoms with Gasteiger partial charge in [-0.15, -0.1) is 0 Å². The van der Waals surface area contributed by atoms with Crippen LogP contribution in [0.3, 0.4) is 0 Å². The molecule has 0 heterocycles. The number of carbonyl (C=O) groups excluding carboxylic acids is 1. The third-order valence-corrected chi connectivity index (χ3v) is 4.64. The zero-order valence-corrected chi connectivity index (χ0v) is 16.8. The quantitative estimate of drug-likeness (QED) is 0.180. The average Bonchev–Trinajstić information content (AvgIpc) is 2.66. The van der Waals surface area contributed by atoms with Gasteiger partial charge in [0.2, 0.25) is 0 Å². The summed E-state index contributed by atoms with van der Waals surface area (Å²) in [6.45, 7) is 2.73. The number of esters is 1. The Morgan fingerprint density at radius 1 is 0.846 bits per heavy atom. The molecule has 0 atom stereocenters. The molecule has 0 aromatic heterocycles. The molecule has 0 saturated carbocycles. The third-order valence-electron chi connectivity index (χ3n) is 4.64. The summed E-state index contributed by atoms with van der Waals surface area (Å²) < 4.78 is 5.31. The van der Waals surface area contributed by atoms with Crippen molar-refractivity contribution in [2.45, 2.75) is 90.4 Å². The lowest BCUT2D eigenvalue weighted by Crippen LogP contribution is -2.07. The highest BCUT2D eigenvalue weighted by atomic mass is 16.5. The highest BCUT2D eigenvalue weighted by Gasteiger charge is 2.02. The minimum atomic E-state index is -0.0456. The van der Waals surface area contributed by atoms with Crippen LogP contribution in [0.15, 0.2) is 42.5 Å². The number of rotatable bonds is 16. The topological polar surface area (TPSA) is 26.3 Å². The van der Waals surface area contributed by atoms with Gasteiger partial charge in [0.1, 0.15) is 0 Å². The Hall–Kier alpha value is -1.57. The maximum Gasteiger partial charge on any atom is 0.305 e. The normalized spacial score (nSPS) is 11.1. The smallest absolute Gasteiger partial charge is 0.305 e. The first-order valence-corrected chi connectivity index (χ1v) is 10.7. The van der Waals surface area contributed by atoms with Gasteiger partial charge < -0.3 is 4.74 Å². The summed E-state index contributed by atoms with van der Waals surface area (Å²) in [6.07, 6.45) is 19.7. The lowest BCUT2D eigenvalue weighted by molar-refractivity contribution is -0.143. The number of ether oxygens (including phenoxy) is 1. The maximum absolute atomic E-state index is 11.7. The predicted octanol–water partition coefficient (Wildman–Crippen LogP) is 7.03. The van der Waals surface area contributed by atoms with Crippen LogP contribution in [0.5, 0.6) is 0 Å². The van der Waals surface area contributed by atoms with Crippen molar-refractivity contribution in [3.05, 3.63) is 48.0 Å². The molecule has 0 N–H and O–H groups in total. The van der Waals surface area contributed by atoms with Crippen molar-refractivity contribution in [3.63, 3.8) is 0 Å². The monoisotopic (exact) mass is 358 g/mol. The van der Waals surface area contributed by atoms with Crippen molar-refractivity contribution in [1.29, 1.82) is 0 Å². The number of benzene rings is 1. The van der Waals surface area contributed by atoms with E-state index in [9.17, 15) is 4.79 Å². The molecule has 2 heteroatoms. The molecule has 0 bridgehead atoms. The molecule has 0 unspecified atom stereocenters. The van der Waals surface area contributed by atoms with Crippen LogP contribution in [0.1, 0.15) is 89.5 Å². The zero-order valence-electron chi connectivity index (χ0n) is 16.8. The molecular formula is C24H38O2. The highest BCUT2D eigenvalue weighted by Crippen LogP contribution is 2.11. The van der Waals surface area contributed by atoms with Gasteiger partial charge in [0.05, 0.1) is 6.61 Å². The molecule has 0 saturated heterocycles. The van der Waals surface area contributed by atoms with Crippen LogP contribution >= 0.6 is 0 Å². The van der Waals surface area contributed by atoms with Gasteiger partial charge in [0.25, 0.3) is 0 Å². The Morgan fingerprint density at radius 3 is 2.15 bits per heavy atom. The molecule has 0 aliphatic carbocycles. The fourth-order valence-electron chi connectivity index (χ4n) is 2.97. The molecule has 1 aromatic carbocycles. The molecule has 26 heavy (non-hydrogen) atoms. The van der Waals surface area contributed by atoms with E-state index in [4.69, 9.17) is 4.74 Å². The van der Waals surface area contributed by atoms with Crippen LogP contribution in [0, 0.1) is 0 Å². The Bertz CT molecular complexity index is 464. The van der Waals surface area contributed by atoms with Crippen LogP contribution in [0.25, 0.3) is 0 Å². The molecule has 0 radical (unpaired) electrons. The highest BCUT2D eigenvalue weighted by molar-refractivity contribution is 5.69. The van der Waals surface area contributed by atoms with E-state index in [1.165, 1.54) is 63.4 Å². The molecule has 2 nitrogen and oxygen atoms in total. The molecule has 0 aliphatic rings. The summed E-state index contributed by atoms with van der Waals surface area (Å²) in [7, 11) is 0. The van der Waals surface area contributed by atoms with E-state index < -0.39 is 0 Å². The summed E-state index contributed by atoms with van der Waals surface area (Å²) in [6, 6.07) is 10.2. The van der Waals surface area contributed by atoms with Gasteiger partial charge in [0, 0.05) is 12.8 Å². The Morgan fingerprint density at radius 2 is 1.46 bits per heavy atom. The van der Waals surface area contributed by atoms with E-state index in [0.717, 1.165) is 19.3 Å². The molecule has 146 valence electrons. The molecule has 1 aromatic rings. The Kier molecular flexibility index (Phi) is 14.6. The SMILES string of the molecule is CCCCC=CCCCCCCCCCC(=O)OCCc1ccccc1. The number of hydrogen-bond acceptors (Lipinski definition) is 2. The second-order valence-corrected chi connectivity index (χ2v) is 7.08. The Balaban J connectivity index is 1.82. The summed E-state index contributed by atoms with van der Waals surface area (Å²) in [5.74, 6) is -0.0456. The first-order valence-electron chi connectivity index (χ1n) is 10.7. The first kappa shape index (κ1) is 22.5. The lowest BCUT2D eigenvalue weighted by atomic mass is 10.1. The number of hydrogen-bond donors (Lipinski definition) is 0. The van der Waals surface area contributed by atoms with E-state index >= 15 is 0 Å². The fraction of sp³-hybridized carbons (Fsp3) is 0.625. The minimum Gasteiger partial charge on any atom is -0.465 e. The summed E-state index contributed by atoms with van der Waals surface area (Å²) in [5.41, 5.74) is 1.22. The lowest BCUT2D eigenvalue weighted by Gasteiger charge is -2.05. The molecule has 0 fully saturated rings. The predicted molar refractivity (Wildman–Crippen MR) is 111 cm³/mol. The molecule has 0 aliphatic heterocycles. The molecule has 0 amide bonds. The van der Waals surface area contributed by atoms with E-state index in [-0.39, 0.29) is 5.97 Å². The second-order valence-electron chi connectivity index (χ2n) is 7.08. The summed E-state index contributed by atoms with van der Waals surface area (Å²) in [5, 5.41) is 0. The van der Waals surface area contributed by atoms with Crippen LogP contribution in [-0.2, 0) is 16.0 Å². The van der Waals surface area contributed by atoms with Gasteiger partial charge >= 0.3 is 5.97 Å². The third kappa shape index (κ3) is 13.7. The van der Waals surface area contributed by atoms with E-state index in [2.05, 4.69) is 31.2 Å². The first-order chi connectivity index (χ1) is 12.8. The summed E-state index contributed by atoms with van der Waals surface area (Å²) >= 11 is 0. The standard InChI is InChI=1S/C24H38O2/c1-2-3-4-5-6-7-8-9-10-11-12-13-17-20-24(25)26-22-21-23-18-15-14-16-19-23/h5-6,14-16,18-19H,2-4,7-13,17,20-22H2,1H3. The van der Waals surface area contributed by atoms with Crippen molar-refractivity contribution in [1.82, 2.24) is 0 Å². The van der Waals surface area contributed by atoms with Crippen molar-refractivity contribution in [2.75, 3.05) is 6.61 Å². The van der Waals surface area contributed by atoms with Gasteiger partial charge in [-0.1, -0.05) is 94.4 Å². The van der Waals surface area contributed by atoms with Crippen molar-refractivity contribution < 1.29 is 9.53 Å². The van der Waals surface area contributed by atoms with Crippen LogP contribution in [0.4, 0.5) is 0 Å². The van der Waals surface area contributed by atoms with E-state index in [0.29, 0.717) is 13.0 Å². The minimum absolute atomic E-state index is 0.0456. The molecule has 0 spiro atoms. The van der Waals surface area contributed by atoms with Crippen molar-refractivity contribution >= 4 is 5.97 Å². The molecule has 1 rings (SSSR count). The molecular weight excluding hydrogens is 320 g/mol. The van der Waals surface area contributed by atoms with Gasteiger partial charge in [0.15, 0.2) is 0 Å². The van der Waals surface area contributed by atoms with Crippen LogP contribution < -0.4 is 0 Å². The fourth-order valence-corrected chi connectivity index (χ4v) is 2.97. The largest absolute Gasteiger partial charge is 0.465 e. The van der Waals surface area contributed by atoms with Crippen molar-refractivity contribution in [2.24, 2.45) is 0 Å². The van der Waals surface area contributed by atoms with Gasteiger partial charge in [-0.25, -0.2) is 0 Å². The summed E-state index contributed by atoms with van der Waals surface area (Å²) in [4.78, 5) is 11.7. The van der Waals surface area contributed by atoms with Gasteiger partial charge in [-0.05, 0) is 31.2 Å². The Labute approximate surface area is 161 Å². The zero-order chi connectivity index (χ0) is 18.7. The second kappa shape index (κ2) is 16.9. The van der Waals surface area contributed by atoms with Gasteiger partial charge in [-0.3, -0.25) is 4.79 Å². The number of unbranched alkanes of at least 4 members (excludes halogenated alkanes) is 9. The van der Waals surface area contributed by atoms with Gasteiger partial charge in [-0.2, -0.15) is 0 Å². The van der Waals surface area contributed by atoms with Crippen molar-refractivity contribution in [3.8, 4) is 0 Å². The van der Waals surface area contributed by atoms with E-state index in [1.807, 2.05) is 18.2 Å². The van der Waals surface area contributed by atoms with Crippen LogP contribution in [-0.4, -0.2) is 12.6 Å². The average molecular weight is 359 g/mol. The van der Waals surface area contributed by atoms with Crippen LogP contribution in [0.2, 0.25) is 0 Å². The number of carbonyl (C=O) groups is 1. The number of allylic oxidation sites excluding steroid dienone is 2. The van der Waals surface area contributed by atoms with E-state index in [1.54, 1.807) is 0 Å².